The first-order valence-corrected chi connectivity index (χ1v) is 13.4. The number of likely N-dealkylation sites (tertiary alicyclic amines) is 2. The maximum Gasteiger partial charge on any atom is 0.324 e. The smallest absolute Gasteiger partial charge is 0.324 e. The van der Waals surface area contributed by atoms with Gasteiger partial charge in [-0.15, -0.1) is 0 Å². The zero-order valence-electron chi connectivity index (χ0n) is 21.6. The number of aryl methyl sites for hydroxylation is 1. The van der Waals surface area contributed by atoms with Crippen molar-refractivity contribution in [1.29, 1.82) is 0 Å². The molecule has 5 nitrogen and oxygen atoms in total. The average Bonchev–Trinajstić information content (AvgIpc) is 2.86. The molecule has 0 amide bonds. The van der Waals surface area contributed by atoms with Crippen molar-refractivity contribution >= 4 is 17.6 Å². The van der Waals surface area contributed by atoms with Crippen LogP contribution in [0.2, 0.25) is 5.02 Å². The van der Waals surface area contributed by atoms with Crippen LogP contribution < -0.4 is 4.74 Å². The summed E-state index contributed by atoms with van der Waals surface area (Å²) in [6, 6.07) is 12.0. The Balaban J connectivity index is 1.27. The van der Waals surface area contributed by atoms with E-state index in [2.05, 4.69) is 9.80 Å². The van der Waals surface area contributed by atoms with E-state index in [1.54, 1.807) is 12.1 Å². The molecule has 0 bridgehead atoms. The van der Waals surface area contributed by atoms with Gasteiger partial charge in [-0.3, -0.25) is 9.69 Å². The van der Waals surface area contributed by atoms with Gasteiger partial charge in [-0.25, -0.2) is 4.39 Å². The number of hydrogen-bond donors (Lipinski definition) is 1. The van der Waals surface area contributed by atoms with E-state index in [0.29, 0.717) is 5.92 Å². The lowest BCUT2D eigenvalue weighted by atomic mass is 9.78. The Hall–Kier alpha value is -2.15. The number of nitrogens with zero attached hydrogens (tertiary/aromatic N) is 2. The molecule has 2 aliphatic rings. The third-order valence-electron chi connectivity index (χ3n) is 8.40. The number of rotatable bonds is 8. The molecule has 1 unspecified atom stereocenters. The Bertz CT molecular complexity index is 1030. The van der Waals surface area contributed by atoms with Gasteiger partial charge in [0.25, 0.3) is 0 Å². The highest BCUT2D eigenvalue weighted by molar-refractivity contribution is 6.30. The van der Waals surface area contributed by atoms with Gasteiger partial charge in [-0.1, -0.05) is 30.7 Å². The van der Waals surface area contributed by atoms with E-state index in [9.17, 15) is 14.3 Å². The number of hydrogen-bond acceptors (Lipinski definition) is 4. The van der Waals surface area contributed by atoms with Crippen molar-refractivity contribution in [2.75, 3.05) is 32.7 Å². The Kier molecular flexibility index (Phi) is 8.59. The molecule has 2 fully saturated rings. The highest BCUT2D eigenvalue weighted by Crippen LogP contribution is 2.37. The highest BCUT2D eigenvalue weighted by atomic mass is 35.5. The van der Waals surface area contributed by atoms with Crippen LogP contribution in [0.15, 0.2) is 42.5 Å². The van der Waals surface area contributed by atoms with E-state index < -0.39 is 11.5 Å². The van der Waals surface area contributed by atoms with Crippen molar-refractivity contribution < 1.29 is 19.0 Å². The van der Waals surface area contributed by atoms with Gasteiger partial charge < -0.3 is 14.7 Å². The minimum atomic E-state index is -1.03. The van der Waals surface area contributed by atoms with E-state index in [0.717, 1.165) is 80.3 Å². The summed E-state index contributed by atoms with van der Waals surface area (Å²) >= 11 is 6.06. The van der Waals surface area contributed by atoms with Crippen molar-refractivity contribution in [2.45, 2.75) is 64.0 Å². The van der Waals surface area contributed by atoms with Gasteiger partial charge >= 0.3 is 5.97 Å². The second-order valence-corrected chi connectivity index (χ2v) is 11.1. The van der Waals surface area contributed by atoms with E-state index in [4.69, 9.17) is 16.3 Å². The van der Waals surface area contributed by atoms with Crippen molar-refractivity contribution in [1.82, 2.24) is 9.80 Å². The lowest BCUT2D eigenvalue weighted by Crippen LogP contribution is -2.58. The van der Waals surface area contributed by atoms with E-state index in [-0.39, 0.29) is 17.8 Å². The number of ether oxygens (including phenoxy) is 1. The lowest BCUT2D eigenvalue weighted by molar-refractivity contribution is -0.153. The molecule has 1 N–H and O–H groups in total. The van der Waals surface area contributed by atoms with Gasteiger partial charge in [-0.05, 0) is 100.0 Å². The summed E-state index contributed by atoms with van der Waals surface area (Å²) in [7, 11) is 0. The quantitative estimate of drug-likeness (QED) is 0.467. The summed E-state index contributed by atoms with van der Waals surface area (Å²) in [5.41, 5.74) is 0.888. The van der Waals surface area contributed by atoms with Gasteiger partial charge in [0.2, 0.25) is 0 Å². The fourth-order valence-electron chi connectivity index (χ4n) is 5.75. The Labute approximate surface area is 219 Å². The molecule has 36 heavy (non-hydrogen) atoms. The molecular formula is C29H38ClFN2O3. The van der Waals surface area contributed by atoms with Crippen LogP contribution in [-0.2, 0) is 4.79 Å². The molecule has 0 saturated carbocycles. The molecule has 0 radical (unpaired) electrons. The molecule has 2 heterocycles. The number of carboxylic acids is 1. The molecule has 0 aliphatic carbocycles. The van der Waals surface area contributed by atoms with Crippen LogP contribution in [0, 0.1) is 18.7 Å². The molecule has 0 spiro atoms. The maximum atomic E-state index is 13.4. The van der Waals surface area contributed by atoms with Gasteiger partial charge in [0, 0.05) is 30.6 Å². The second-order valence-electron chi connectivity index (χ2n) is 10.7. The molecule has 0 aromatic heterocycles. The zero-order chi connectivity index (χ0) is 25.9. The summed E-state index contributed by atoms with van der Waals surface area (Å²) < 4.78 is 19.7. The number of halogens is 2. The largest absolute Gasteiger partial charge is 0.490 e. The fourth-order valence-corrected chi connectivity index (χ4v) is 5.98. The Morgan fingerprint density at radius 3 is 2.33 bits per heavy atom. The minimum Gasteiger partial charge on any atom is -0.490 e. The van der Waals surface area contributed by atoms with E-state index in [1.165, 1.54) is 12.1 Å². The zero-order valence-corrected chi connectivity index (χ0v) is 22.3. The molecule has 2 aliphatic heterocycles. The first-order chi connectivity index (χ1) is 17.2. The number of piperidine rings is 2. The van der Waals surface area contributed by atoms with Crippen LogP contribution in [-0.4, -0.2) is 65.2 Å². The van der Waals surface area contributed by atoms with Crippen molar-refractivity contribution in [3.8, 4) is 5.75 Å². The number of carboxylic acid groups (broad SMARTS) is 1. The van der Waals surface area contributed by atoms with Gasteiger partial charge in [-0.2, -0.15) is 0 Å². The normalized spacial score (nSPS) is 21.1. The lowest BCUT2D eigenvalue weighted by Gasteiger charge is -2.46. The summed E-state index contributed by atoms with van der Waals surface area (Å²) in [5, 5.41) is 10.9. The SMILES string of the molecule is Cc1cc(Cl)ccc1OC1CCN(CC2CCN([C@@](C)(C(=O)O)C(C)c3ccc(F)cc3)CC2)CC1. The van der Waals surface area contributed by atoms with Crippen LogP contribution in [0.1, 0.15) is 56.6 Å². The predicted octanol–water partition coefficient (Wildman–Crippen LogP) is 5.99. The summed E-state index contributed by atoms with van der Waals surface area (Å²) in [4.78, 5) is 17.1. The molecular weight excluding hydrogens is 479 g/mol. The van der Waals surface area contributed by atoms with Crippen LogP contribution >= 0.6 is 11.6 Å². The van der Waals surface area contributed by atoms with Gasteiger partial charge in [0.15, 0.2) is 0 Å². The third kappa shape index (κ3) is 6.04. The second kappa shape index (κ2) is 11.5. The van der Waals surface area contributed by atoms with Crippen molar-refractivity contribution in [3.63, 3.8) is 0 Å². The predicted molar refractivity (Wildman–Crippen MR) is 141 cm³/mol. The third-order valence-corrected chi connectivity index (χ3v) is 8.63. The maximum absolute atomic E-state index is 13.4. The number of carbonyl (C=O) groups is 1. The van der Waals surface area contributed by atoms with Crippen molar-refractivity contribution in [3.05, 3.63) is 64.4 Å². The monoisotopic (exact) mass is 516 g/mol. The highest BCUT2D eigenvalue weighted by Gasteiger charge is 2.46. The Morgan fingerprint density at radius 1 is 1.11 bits per heavy atom. The first kappa shape index (κ1) is 26.9. The summed E-state index contributed by atoms with van der Waals surface area (Å²) in [5.74, 6) is 0.101. The minimum absolute atomic E-state index is 0.229. The molecule has 7 heteroatoms. The van der Waals surface area contributed by atoms with Crippen LogP contribution in [0.25, 0.3) is 0 Å². The fraction of sp³-hybridized carbons (Fsp3) is 0.552. The number of benzene rings is 2. The molecule has 2 aromatic carbocycles. The molecule has 2 aromatic rings. The number of aliphatic carboxylic acids is 1. The van der Waals surface area contributed by atoms with Crippen LogP contribution in [0.3, 0.4) is 0 Å². The van der Waals surface area contributed by atoms with Crippen molar-refractivity contribution in [2.24, 2.45) is 5.92 Å². The average molecular weight is 517 g/mol. The standard InChI is InChI=1S/C29H38ClFN2O3/c1-20-18-24(30)6-9-27(20)36-26-12-14-32(15-13-26)19-22-10-16-33(17-11-22)29(3,28(34)35)21(2)23-4-7-25(31)8-5-23/h4-9,18,21-22,26H,10-17,19H2,1-3H3,(H,34,35)/t21?,29-/m1/s1. The topological polar surface area (TPSA) is 53.0 Å². The Morgan fingerprint density at radius 2 is 1.75 bits per heavy atom. The van der Waals surface area contributed by atoms with Gasteiger partial charge in [0.05, 0.1) is 0 Å². The van der Waals surface area contributed by atoms with Gasteiger partial charge in [0.1, 0.15) is 23.2 Å². The molecule has 196 valence electrons. The van der Waals surface area contributed by atoms with E-state index in [1.807, 2.05) is 39.0 Å². The molecule has 2 saturated heterocycles. The van der Waals surface area contributed by atoms with Crippen LogP contribution in [0.5, 0.6) is 5.75 Å². The summed E-state index contributed by atoms with van der Waals surface area (Å²) in [6.45, 7) is 10.4. The summed E-state index contributed by atoms with van der Waals surface area (Å²) in [6.07, 6.45) is 4.21. The first-order valence-electron chi connectivity index (χ1n) is 13.1. The van der Waals surface area contributed by atoms with Crippen LogP contribution in [0.4, 0.5) is 4.39 Å². The molecule has 4 rings (SSSR count). The van der Waals surface area contributed by atoms with E-state index >= 15 is 0 Å². The molecule has 2 atom stereocenters.